The quantitative estimate of drug-likeness (QED) is 0.615. The number of ether oxygens (including phenoxy) is 3. The summed E-state index contributed by atoms with van der Waals surface area (Å²) in [6.45, 7) is 1.41. The Morgan fingerprint density at radius 1 is 1.06 bits per heavy atom. The standard InChI is InChI=1S/C27H36N2O5/c1-32-22-15-20(16-23(33-2)26(22)34-3)25-21-11-7-8-12-27(21,31)13-14-29(25)18-24(30)28-17-19-9-5-4-6-10-19/h4-6,9-10,15-16,21,25,31H,7-8,11-14,17-18H2,1-3H3,(H,28,30)/t21-,25-,27-/m1/s1. The Kier molecular flexibility index (Phi) is 7.63. The van der Waals surface area contributed by atoms with Gasteiger partial charge in [-0.25, -0.2) is 0 Å². The Morgan fingerprint density at radius 2 is 1.76 bits per heavy atom. The highest BCUT2D eigenvalue weighted by atomic mass is 16.5. The van der Waals surface area contributed by atoms with E-state index < -0.39 is 5.60 Å². The molecule has 2 fully saturated rings. The van der Waals surface area contributed by atoms with E-state index in [4.69, 9.17) is 14.2 Å². The highest BCUT2D eigenvalue weighted by Gasteiger charge is 2.49. The fourth-order valence-electron chi connectivity index (χ4n) is 5.67. The van der Waals surface area contributed by atoms with Crippen molar-refractivity contribution in [3.8, 4) is 17.2 Å². The zero-order valence-electron chi connectivity index (χ0n) is 20.4. The van der Waals surface area contributed by atoms with E-state index in [0.717, 1.165) is 36.8 Å². The Labute approximate surface area is 202 Å². The number of amides is 1. The van der Waals surface area contributed by atoms with Gasteiger partial charge in [0.1, 0.15) is 0 Å². The van der Waals surface area contributed by atoms with Gasteiger partial charge in [0.25, 0.3) is 0 Å². The maximum absolute atomic E-state index is 13.0. The van der Waals surface area contributed by atoms with Gasteiger partial charge in [0.2, 0.25) is 11.7 Å². The molecule has 1 heterocycles. The monoisotopic (exact) mass is 468 g/mol. The lowest BCUT2D eigenvalue weighted by atomic mass is 9.66. The van der Waals surface area contributed by atoms with Crippen LogP contribution in [0.2, 0.25) is 0 Å². The summed E-state index contributed by atoms with van der Waals surface area (Å²) in [5, 5.41) is 14.6. The third-order valence-electron chi connectivity index (χ3n) is 7.38. The second-order valence-electron chi connectivity index (χ2n) is 9.34. The second-order valence-corrected chi connectivity index (χ2v) is 9.34. The molecule has 0 radical (unpaired) electrons. The molecule has 1 saturated heterocycles. The first-order chi connectivity index (χ1) is 16.5. The summed E-state index contributed by atoms with van der Waals surface area (Å²) in [6, 6.07) is 13.7. The van der Waals surface area contributed by atoms with E-state index in [1.165, 1.54) is 0 Å². The second kappa shape index (κ2) is 10.7. The fourth-order valence-corrected chi connectivity index (χ4v) is 5.67. The molecule has 34 heavy (non-hydrogen) atoms. The Balaban J connectivity index is 1.62. The van der Waals surface area contributed by atoms with E-state index in [-0.39, 0.29) is 24.4 Å². The molecular weight excluding hydrogens is 432 g/mol. The van der Waals surface area contributed by atoms with Gasteiger partial charge < -0.3 is 24.6 Å². The fraction of sp³-hybridized carbons (Fsp3) is 0.519. The van der Waals surface area contributed by atoms with Crippen LogP contribution in [-0.2, 0) is 11.3 Å². The molecule has 2 aliphatic rings. The molecule has 0 aromatic heterocycles. The zero-order valence-corrected chi connectivity index (χ0v) is 20.4. The molecule has 1 aliphatic carbocycles. The van der Waals surface area contributed by atoms with Crippen molar-refractivity contribution in [1.29, 1.82) is 0 Å². The Bertz CT molecular complexity index is 957. The minimum Gasteiger partial charge on any atom is -0.493 e. The number of benzene rings is 2. The molecule has 1 saturated carbocycles. The van der Waals surface area contributed by atoms with Crippen molar-refractivity contribution in [2.75, 3.05) is 34.4 Å². The Hall–Kier alpha value is -2.77. The number of fused-ring (bicyclic) bond motifs is 1. The van der Waals surface area contributed by atoms with E-state index in [2.05, 4.69) is 10.2 Å². The van der Waals surface area contributed by atoms with E-state index in [1.807, 2.05) is 42.5 Å². The molecule has 0 unspecified atom stereocenters. The summed E-state index contributed by atoms with van der Waals surface area (Å²) in [6.07, 6.45) is 4.49. The molecule has 4 rings (SSSR count). The maximum atomic E-state index is 13.0. The molecule has 2 aromatic rings. The molecular formula is C27H36N2O5. The summed E-state index contributed by atoms with van der Waals surface area (Å²) >= 11 is 0. The maximum Gasteiger partial charge on any atom is 0.234 e. The third kappa shape index (κ3) is 5.00. The summed E-state index contributed by atoms with van der Waals surface area (Å²) in [7, 11) is 4.80. The highest BCUT2D eigenvalue weighted by molar-refractivity contribution is 5.78. The van der Waals surface area contributed by atoms with Crippen molar-refractivity contribution in [1.82, 2.24) is 10.2 Å². The van der Waals surface area contributed by atoms with Gasteiger partial charge in [-0.1, -0.05) is 43.2 Å². The van der Waals surface area contributed by atoms with Crippen molar-refractivity contribution in [3.63, 3.8) is 0 Å². The summed E-state index contributed by atoms with van der Waals surface area (Å²) in [5.74, 6) is 1.70. The molecule has 7 nitrogen and oxygen atoms in total. The van der Waals surface area contributed by atoms with Gasteiger partial charge in [-0.2, -0.15) is 0 Å². The molecule has 0 bridgehead atoms. The summed E-state index contributed by atoms with van der Waals surface area (Å²) in [4.78, 5) is 15.2. The lowest BCUT2D eigenvalue weighted by molar-refractivity contribution is -0.138. The van der Waals surface area contributed by atoms with Gasteiger partial charge in [0, 0.05) is 25.0 Å². The number of nitrogens with zero attached hydrogens (tertiary/aromatic N) is 1. The smallest absolute Gasteiger partial charge is 0.234 e. The average molecular weight is 469 g/mol. The van der Waals surface area contributed by atoms with Gasteiger partial charge in [-0.05, 0) is 42.5 Å². The van der Waals surface area contributed by atoms with Crippen LogP contribution in [0, 0.1) is 5.92 Å². The molecule has 184 valence electrons. The Morgan fingerprint density at radius 3 is 2.41 bits per heavy atom. The van der Waals surface area contributed by atoms with Gasteiger partial charge in [0.05, 0.1) is 33.5 Å². The third-order valence-corrected chi connectivity index (χ3v) is 7.38. The first kappa shape index (κ1) is 24.4. The minimum absolute atomic E-state index is 0.0254. The van der Waals surface area contributed by atoms with Gasteiger partial charge in [-0.15, -0.1) is 0 Å². The van der Waals surface area contributed by atoms with E-state index >= 15 is 0 Å². The number of rotatable bonds is 8. The van der Waals surface area contributed by atoms with Crippen LogP contribution >= 0.6 is 0 Å². The highest BCUT2D eigenvalue weighted by Crippen LogP contribution is 2.51. The van der Waals surface area contributed by atoms with Crippen LogP contribution in [0.4, 0.5) is 0 Å². The van der Waals surface area contributed by atoms with E-state index in [1.54, 1.807) is 21.3 Å². The number of hydrogen-bond donors (Lipinski definition) is 2. The number of likely N-dealkylation sites (tertiary alicyclic amines) is 1. The number of hydrogen-bond acceptors (Lipinski definition) is 6. The normalized spacial score (nSPS) is 24.7. The van der Waals surface area contributed by atoms with Crippen molar-refractivity contribution < 1.29 is 24.1 Å². The van der Waals surface area contributed by atoms with Crippen LogP contribution in [0.15, 0.2) is 42.5 Å². The van der Waals surface area contributed by atoms with Crippen LogP contribution in [0.1, 0.15) is 49.3 Å². The van der Waals surface area contributed by atoms with Crippen LogP contribution in [0.25, 0.3) is 0 Å². The van der Waals surface area contributed by atoms with Crippen molar-refractivity contribution in [2.24, 2.45) is 5.92 Å². The molecule has 2 aromatic carbocycles. The summed E-state index contributed by atoms with van der Waals surface area (Å²) in [5.41, 5.74) is 1.31. The molecule has 7 heteroatoms. The van der Waals surface area contributed by atoms with Crippen LogP contribution in [0.5, 0.6) is 17.2 Å². The molecule has 2 N–H and O–H groups in total. The lowest BCUT2D eigenvalue weighted by Gasteiger charge is -2.52. The predicted molar refractivity (Wildman–Crippen MR) is 130 cm³/mol. The minimum atomic E-state index is -0.722. The predicted octanol–water partition coefficient (Wildman–Crippen LogP) is 3.70. The van der Waals surface area contributed by atoms with Crippen molar-refractivity contribution in [2.45, 2.75) is 50.3 Å². The topological polar surface area (TPSA) is 80.3 Å². The van der Waals surface area contributed by atoms with E-state index in [9.17, 15) is 9.90 Å². The summed E-state index contributed by atoms with van der Waals surface area (Å²) < 4.78 is 16.7. The lowest BCUT2D eigenvalue weighted by Crippen LogP contribution is -2.56. The van der Waals surface area contributed by atoms with Crippen molar-refractivity contribution >= 4 is 5.91 Å². The molecule has 1 aliphatic heterocycles. The largest absolute Gasteiger partial charge is 0.493 e. The first-order valence-corrected chi connectivity index (χ1v) is 12.1. The average Bonchev–Trinajstić information content (AvgIpc) is 2.87. The van der Waals surface area contributed by atoms with Crippen LogP contribution in [-0.4, -0.2) is 55.9 Å². The number of aliphatic hydroxyl groups is 1. The van der Waals surface area contributed by atoms with Crippen LogP contribution in [0.3, 0.4) is 0 Å². The zero-order chi connectivity index (χ0) is 24.1. The van der Waals surface area contributed by atoms with Gasteiger partial charge in [0.15, 0.2) is 11.5 Å². The van der Waals surface area contributed by atoms with Gasteiger partial charge >= 0.3 is 0 Å². The first-order valence-electron chi connectivity index (χ1n) is 12.1. The van der Waals surface area contributed by atoms with Crippen LogP contribution < -0.4 is 19.5 Å². The number of carbonyl (C=O) groups is 1. The number of nitrogens with one attached hydrogen (secondary N) is 1. The van der Waals surface area contributed by atoms with Crippen molar-refractivity contribution in [3.05, 3.63) is 53.6 Å². The SMILES string of the molecule is COc1cc([C@@H]2[C@H]3CCCC[C@@]3(O)CCN2CC(=O)NCc2ccccc2)cc(OC)c1OC. The molecule has 0 spiro atoms. The van der Waals surface area contributed by atoms with E-state index in [0.29, 0.717) is 36.8 Å². The molecule has 3 atom stereocenters. The molecule has 1 amide bonds. The number of methoxy groups -OCH3 is 3. The number of carbonyl (C=O) groups excluding carboxylic acids is 1. The number of piperidine rings is 1. The van der Waals surface area contributed by atoms with Gasteiger partial charge in [-0.3, -0.25) is 9.69 Å².